The number of anilines is 1. The van der Waals surface area contributed by atoms with Crippen molar-refractivity contribution in [2.45, 2.75) is 39.2 Å². The van der Waals surface area contributed by atoms with E-state index in [1.165, 1.54) is 6.07 Å². The second-order valence-corrected chi connectivity index (χ2v) is 6.10. The third-order valence-corrected chi connectivity index (χ3v) is 4.46. The summed E-state index contributed by atoms with van der Waals surface area (Å²) in [5.41, 5.74) is 0.0503. The molecule has 0 radical (unpaired) electrons. The molecule has 3 heterocycles. The summed E-state index contributed by atoms with van der Waals surface area (Å²) >= 11 is 0. The van der Waals surface area contributed by atoms with Crippen molar-refractivity contribution in [3.05, 3.63) is 52.1 Å². The molecule has 1 fully saturated rings. The number of hydrogen-bond acceptors (Lipinski definition) is 5. The molecule has 23 heavy (non-hydrogen) atoms. The molecule has 122 valence electrons. The number of aromatic nitrogens is 1. The van der Waals surface area contributed by atoms with Crippen LogP contribution in [0.15, 0.2) is 34.9 Å². The molecular formula is C17H21N3O3. The van der Waals surface area contributed by atoms with E-state index < -0.39 is 0 Å². The first-order valence-corrected chi connectivity index (χ1v) is 8.04. The van der Waals surface area contributed by atoms with Gasteiger partial charge in [-0.05, 0) is 37.0 Å². The van der Waals surface area contributed by atoms with Crippen LogP contribution >= 0.6 is 0 Å². The molecule has 2 atom stereocenters. The smallest absolute Gasteiger partial charge is 0.311 e. The second kappa shape index (κ2) is 6.40. The van der Waals surface area contributed by atoms with Crippen LogP contribution in [0, 0.1) is 16.0 Å². The molecule has 2 aromatic rings. The average Bonchev–Trinajstić information content (AvgIpc) is 3.03. The molecule has 0 spiro atoms. The zero-order valence-corrected chi connectivity index (χ0v) is 13.4. The van der Waals surface area contributed by atoms with Crippen LogP contribution in [-0.2, 0) is 6.42 Å². The Morgan fingerprint density at radius 3 is 2.96 bits per heavy atom. The van der Waals surface area contributed by atoms with Gasteiger partial charge in [-0.15, -0.1) is 0 Å². The maximum absolute atomic E-state index is 11.3. The molecule has 0 aliphatic carbocycles. The highest BCUT2D eigenvalue weighted by atomic mass is 16.6. The van der Waals surface area contributed by atoms with Gasteiger partial charge in [-0.25, -0.2) is 4.98 Å². The van der Waals surface area contributed by atoms with Crippen LogP contribution in [-0.4, -0.2) is 16.5 Å². The summed E-state index contributed by atoms with van der Waals surface area (Å²) in [5.74, 6) is 2.79. The highest BCUT2D eigenvalue weighted by molar-refractivity contribution is 5.58. The van der Waals surface area contributed by atoms with Gasteiger partial charge in [0.15, 0.2) is 0 Å². The largest absolute Gasteiger partial charge is 0.464 e. The van der Waals surface area contributed by atoms with E-state index in [1.54, 1.807) is 12.3 Å². The Labute approximate surface area is 135 Å². The summed E-state index contributed by atoms with van der Waals surface area (Å²) < 4.78 is 5.93. The fraction of sp³-hybridized carbons (Fsp3) is 0.471. The van der Waals surface area contributed by atoms with Crippen molar-refractivity contribution in [1.29, 1.82) is 0 Å². The van der Waals surface area contributed by atoms with Crippen LogP contribution in [0.25, 0.3) is 0 Å². The van der Waals surface area contributed by atoms with Gasteiger partial charge in [-0.3, -0.25) is 10.1 Å². The van der Waals surface area contributed by atoms with Crippen molar-refractivity contribution in [2.75, 3.05) is 11.4 Å². The zero-order chi connectivity index (χ0) is 16.4. The molecule has 1 saturated heterocycles. The third kappa shape index (κ3) is 3.06. The summed E-state index contributed by atoms with van der Waals surface area (Å²) in [6, 6.07) is 7.08. The van der Waals surface area contributed by atoms with E-state index in [1.807, 2.05) is 24.0 Å². The van der Waals surface area contributed by atoms with Gasteiger partial charge in [-0.2, -0.15) is 0 Å². The van der Waals surface area contributed by atoms with Crippen LogP contribution in [0.4, 0.5) is 11.5 Å². The summed E-state index contributed by atoms with van der Waals surface area (Å²) in [5, 5.41) is 11.3. The molecular weight excluding hydrogens is 294 g/mol. The van der Waals surface area contributed by atoms with Gasteiger partial charge < -0.3 is 9.32 Å². The summed E-state index contributed by atoms with van der Waals surface area (Å²) in [4.78, 5) is 17.3. The monoisotopic (exact) mass is 315 g/mol. The summed E-state index contributed by atoms with van der Waals surface area (Å²) in [6.45, 7) is 5.00. The Morgan fingerprint density at radius 2 is 2.26 bits per heavy atom. The highest BCUT2D eigenvalue weighted by Crippen LogP contribution is 2.40. The minimum Gasteiger partial charge on any atom is -0.464 e. The first-order valence-electron chi connectivity index (χ1n) is 8.04. The lowest BCUT2D eigenvalue weighted by atomic mass is 9.91. The van der Waals surface area contributed by atoms with Crippen molar-refractivity contribution in [3.63, 3.8) is 0 Å². The van der Waals surface area contributed by atoms with Crippen LogP contribution in [0.1, 0.15) is 44.3 Å². The van der Waals surface area contributed by atoms with Crippen molar-refractivity contribution in [3.8, 4) is 0 Å². The number of hydrogen-bond donors (Lipinski definition) is 0. The number of rotatable bonds is 4. The van der Waals surface area contributed by atoms with Crippen molar-refractivity contribution in [1.82, 2.24) is 4.98 Å². The number of nitro groups is 1. The van der Waals surface area contributed by atoms with E-state index in [0.717, 1.165) is 37.3 Å². The maximum Gasteiger partial charge on any atom is 0.311 e. The molecule has 0 unspecified atom stereocenters. The molecule has 2 aromatic heterocycles. The molecule has 3 rings (SSSR count). The van der Waals surface area contributed by atoms with Gasteiger partial charge in [0.1, 0.15) is 11.5 Å². The van der Waals surface area contributed by atoms with Crippen LogP contribution in [0.5, 0.6) is 0 Å². The van der Waals surface area contributed by atoms with E-state index in [4.69, 9.17) is 4.42 Å². The SMILES string of the molecule is CCc1ccc([C@@H]2C[C@@H](C)CCN2c2ncccc2[N+](=O)[O-])o1. The van der Waals surface area contributed by atoms with Crippen molar-refractivity contribution < 1.29 is 9.34 Å². The number of aryl methyl sites for hydroxylation is 1. The number of piperidine rings is 1. The van der Waals surface area contributed by atoms with E-state index in [0.29, 0.717) is 11.7 Å². The molecule has 0 saturated carbocycles. The number of furan rings is 1. The van der Waals surface area contributed by atoms with Crippen molar-refractivity contribution >= 4 is 11.5 Å². The Balaban J connectivity index is 2.00. The molecule has 6 nitrogen and oxygen atoms in total. The van der Waals surface area contributed by atoms with Crippen LogP contribution in [0.3, 0.4) is 0 Å². The van der Waals surface area contributed by atoms with Crippen molar-refractivity contribution in [2.24, 2.45) is 5.92 Å². The molecule has 0 bridgehead atoms. The molecule has 1 aliphatic heterocycles. The molecule has 0 aromatic carbocycles. The van der Waals surface area contributed by atoms with E-state index in [9.17, 15) is 10.1 Å². The minimum atomic E-state index is -0.364. The van der Waals surface area contributed by atoms with Crippen LogP contribution in [0.2, 0.25) is 0 Å². The van der Waals surface area contributed by atoms with Gasteiger partial charge in [-0.1, -0.05) is 13.8 Å². The van der Waals surface area contributed by atoms with Gasteiger partial charge in [0.05, 0.1) is 11.0 Å². The van der Waals surface area contributed by atoms with E-state index in [-0.39, 0.29) is 16.7 Å². The van der Waals surface area contributed by atoms with Gasteiger partial charge in [0, 0.05) is 25.2 Å². The number of pyridine rings is 1. The molecule has 6 heteroatoms. The molecule has 1 aliphatic rings. The highest BCUT2D eigenvalue weighted by Gasteiger charge is 2.34. The lowest BCUT2D eigenvalue weighted by molar-refractivity contribution is -0.384. The predicted octanol–water partition coefficient (Wildman–Crippen LogP) is 4.12. The van der Waals surface area contributed by atoms with Gasteiger partial charge >= 0.3 is 5.69 Å². The minimum absolute atomic E-state index is 0.00681. The van der Waals surface area contributed by atoms with Gasteiger partial charge in [0.25, 0.3) is 0 Å². The molecule has 0 N–H and O–H groups in total. The standard InChI is InChI=1S/C17H21N3O3/c1-3-13-6-7-16(23-13)15-11-12(2)8-10-19(15)17-14(20(21)22)5-4-9-18-17/h4-7,9,12,15H,3,8,10-11H2,1-2H3/t12-,15-/m0/s1. The zero-order valence-electron chi connectivity index (χ0n) is 13.4. The Morgan fingerprint density at radius 1 is 1.43 bits per heavy atom. The fourth-order valence-electron chi connectivity index (χ4n) is 3.18. The maximum atomic E-state index is 11.3. The summed E-state index contributed by atoms with van der Waals surface area (Å²) in [6.07, 6.45) is 4.35. The Bertz CT molecular complexity index is 698. The Kier molecular flexibility index (Phi) is 4.32. The topological polar surface area (TPSA) is 72.4 Å². The normalized spacial score (nSPS) is 21.4. The van der Waals surface area contributed by atoms with Gasteiger partial charge in [0.2, 0.25) is 5.82 Å². The first kappa shape index (κ1) is 15.5. The first-order chi connectivity index (χ1) is 11.1. The quantitative estimate of drug-likeness (QED) is 0.626. The lowest BCUT2D eigenvalue weighted by Gasteiger charge is -2.37. The fourth-order valence-corrected chi connectivity index (χ4v) is 3.18. The predicted molar refractivity (Wildman–Crippen MR) is 87.5 cm³/mol. The van der Waals surface area contributed by atoms with Crippen LogP contribution < -0.4 is 4.90 Å². The van der Waals surface area contributed by atoms with E-state index >= 15 is 0 Å². The Hall–Kier alpha value is -2.37. The molecule has 0 amide bonds. The summed E-state index contributed by atoms with van der Waals surface area (Å²) in [7, 11) is 0. The number of nitrogens with zero attached hydrogens (tertiary/aromatic N) is 3. The third-order valence-electron chi connectivity index (χ3n) is 4.46. The van der Waals surface area contributed by atoms with E-state index in [2.05, 4.69) is 11.9 Å². The average molecular weight is 315 g/mol. The second-order valence-electron chi connectivity index (χ2n) is 6.10. The lowest BCUT2D eigenvalue weighted by Crippen LogP contribution is -2.37.